The van der Waals surface area contributed by atoms with Gasteiger partial charge < -0.3 is 5.32 Å². The number of aryl methyl sites for hydroxylation is 1. The van der Waals surface area contributed by atoms with Gasteiger partial charge in [0.15, 0.2) is 0 Å². The quantitative estimate of drug-likeness (QED) is 0.874. The molecule has 5 heteroatoms. The van der Waals surface area contributed by atoms with Crippen molar-refractivity contribution in [1.29, 1.82) is 0 Å². The van der Waals surface area contributed by atoms with Gasteiger partial charge in [-0.05, 0) is 19.8 Å². The molecule has 1 fully saturated rings. The van der Waals surface area contributed by atoms with Gasteiger partial charge in [0.1, 0.15) is 0 Å². The van der Waals surface area contributed by atoms with Crippen LogP contribution in [0.1, 0.15) is 37.8 Å². The summed E-state index contributed by atoms with van der Waals surface area (Å²) in [5.74, 6) is 0.931. The second-order valence-corrected chi connectivity index (χ2v) is 5.01. The predicted octanol–water partition coefficient (Wildman–Crippen LogP) is 2.65. The number of hydrogen-bond donors (Lipinski definition) is 2. The Morgan fingerprint density at radius 1 is 1.33 bits per heavy atom. The van der Waals surface area contributed by atoms with Gasteiger partial charge in [-0.15, -0.1) is 0 Å². The highest BCUT2D eigenvalue weighted by Gasteiger charge is 2.16. The minimum atomic E-state index is 0.561. The van der Waals surface area contributed by atoms with Crippen LogP contribution in [0.5, 0.6) is 0 Å². The largest absolute Gasteiger partial charge is 0.353 e. The fourth-order valence-electron chi connectivity index (χ4n) is 2.60. The highest BCUT2D eigenvalue weighted by molar-refractivity contribution is 5.41. The Morgan fingerprint density at radius 2 is 2.17 bits per heavy atom. The number of anilines is 1. The second kappa shape index (κ2) is 4.84. The minimum Gasteiger partial charge on any atom is -0.353 e. The molecule has 0 atom stereocenters. The molecule has 1 saturated carbocycles. The number of imidazole rings is 1. The van der Waals surface area contributed by atoms with E-state index in [1.165, 1.54) is 32.1 Å². The predicted molar refractivity (Wildman–Crippen MR) is 70.9 cm³/mol. The number of aromatic amines is 1. The summed E-state index contributed by atoms with van der Waals surface area (Å²) < 4.78 is 2.06. The van der Waals surface area contributed by atoms with Crippen molar-refractivity contribution in [3.8, 4) is 5.69 Å². The lowest BCUT2D eigenvalue weighted by Gasteiger charge is -2.23. The van der Waals surface area contributed by atoms with E-state index in [2.05, 4.69) is 25.1 Å². The van der Waals surface area contributed by atoms with Crippen molar-refractivity contribution in [3.63, 3.8) is 0 Å². The van der Waals surface area contributed by atoms with Gasteiger partial charge in [-0.1, -0.05) is 19.3 Å². The molecule has 96 valence electrons. The Bertz CT molecular complexity index is 493. The molecule has 0 bridgehead atoms. The van der Waals surface area contributed by atoms with E-state index >= 15 is 0 Å². The van der Waals surface area contributed by atoms with E-state index in [1.54, 1.807) is 0 Å². The zero-order valence-corrected chi connectivity index (χ0v) is 10.7. The van der Waals surface area contributed by atoms with Crippen molar-refractivity contribution in [2.75, 3.05) is 5.32 Å². The average Bonchev–Trinajstić information content (AvgIpc) is 3.00. The molecular weight excluding hydrogens is 226 g/mol. The van der Waals surface area contributed by atoms with Gasteiger partial charge in [0.2, 0.25) is 5.95 Å². The maximum Gasteiger partial charge on any atom is 0.208 e. The van der Waals surface area contributed by atoms with Crippen molar-refractivity contribution in [1.82, 2.24) is 19.7 Å². The number of H-pyrrole nitrogens is 1. The first-order valence-corrected chi connectivity index (χ1v) is 6.64. The molecule has 0 radical (unpaired) electrons. The van der Waals surface area contributed by atoms with Gasteiger partial charge in [-0.3, -0.25) is 9.67 Å². The second-order valence-electron chi connectivity index (χ2n) is 5.01. The molecule has 3 rings (SSSR count). The van der Waals surface area contributed by atoms with Crippen LogP contribution < -0.4 is 5.32 Å². The fourth-order valence-corrected chi connectivity index (χ4v) is 2.60. The van der Waals surface area contributed by atoms with Crippen LogP contribution in [0.2, 0.25) is 0 Å². The summed E-state index contributed by atoms with van der Waals surface area (Å²) in [6.45, 7) is 2.02. The SMILES string of the molecule is Cc1cn(-c2cn[nH]c2)c(NC2CCCCC2)n1. The number of rotatable bonds is 3. The normalized spacial score (nSPS) is 16.9. The summed E-state index contributed by atoms with van der Waals surface area (Å²) in [4.78, 5) is 4.57. The summed E-state index contributed by atoms with van der Waals surface area (Å²) in [5, 5.41) is 10.4. The monoisotopic (exact) mass is 245 g/mol. The van der Waals surface area contributed by atoms with Crippen LogP contribution in [-0.4, -0.2) is 25.8 Å². The van der Waals surface area contributed by atoms with Crippen molar-refractivity contribution in [2.24, 2.45) is 0 Å². The van der Waals surface area contributed by atoms with Crippen LogP contribution in [0.15, 0.2) is 18.6 Å². The summed E-state index contributed by atoms with van der Waals surface area (Å²) in [5.41, 5.74) is 2.04. The Morgan fingerprint density at radius 3 is 2.89 bits per heavy atom. The van der Waals surface area contributed by atoms with Crippen molar-refractivity contribution in [2.45, 2.75) is 45.1 Å². The van der Waals surface area contributed by atoms with Crippen molar-refractivity contribution >= 4 is 5.95 Å². The van der Waals surface area contributed by atoms with Crippen LogP contribution >= 0.6 is 0 Å². The van der Waals surface area contributed by atoms with Crippen LogP contribution in [-0.2, 0) is 0 Å². The van der Waals surface area contributed by atoms with Crippen LogP contribution in [0.3, 0.4) is 0 Å². The molecule has 2 aromatic rings. The summed E-state index contributed by atoms with van der Waals surface area (Å²) in [6, 6.07) is 0.561. The Hall–Kier alpha value is -1.78. The Kier molecular flexibility index (Phi) is 3.04. The van der Waals surface area contributed by atoms with E-state index in [4.69, 9.17) is 0 Å². The third kappa shape index (κ3) is 2.25. The number of nitrogens with one attached hydrogen (secondary N) is 2. The lowest BCUT2D eigenvalue weighted by molar-refractivity contribution is 0.460. The first-order valence-electron chi connectivity index (χ1n) is 6.64. The molecule has 0 saturated heterocycles. The van der Waals surface area contributed by atoms with E-state index in [0.717, 1.165) is 17.3 Å². The lowest BCUT2D eigenvalue weighted by Crippen LogP contribution is -2.24. The Labute approximate surface area is 107 Å². The first kappa shape index (κ1) is 11.3. The molecule has 18 heavy (non-hydrogen) atoms. The summed E-state index contributed by atoms with van der Waals surface area (Å²) >= 11 is 0. The number of hydrogen-bond acceptors (Lipinski definition) is 3. The molecule has 0 aliphatic heterocycles. The van der Waals surface area contributed by atoms with E-state index in [0.29, 0.717) is 6.04 Å². The van der Waals surface area contributed by atoms with E-state index in [9.17, 15) is 0 Å². The molecule has 1 aliphatic carbocycles. The topological polar surface area (TPSA) is 58.5 Å². The van der Waals surface area contributed by atoms with Gasteiger partial charge in [0.05, 0.1) is 17.6 Å². The van der Waals surface area contributed by atoms with Gasteiger partial charge in [-0.2, -0.15) is 5.10 Å². The molecule has 2 heterocycles. The smallest absolute Gasteiger partial charge is 0.208 e. The zero-order chi connectivity index (χ0) is 12.4. The molecule has 0 amide bonds. The molecular formula is C13H19N5. The van der Waals surface area contributed by atoms with Crippen LogP contribution in [0.25, 0.3) is 5.69 Å². The summed E-state index contributed by atoms with van der Waals surface area (Å²) in [6.07, 6.45) is 12.2. The molecule has 1 aliphatic rings. The van der Waals surface area contributed by atoms with Crippen molar-refractivity contribution in [3.05, 3.63) is 24.3 Å². The van der Waals surface area contributed by atoms with Crippen LogP contribution in [0, 0.1) is 6.92 Å². The van der Waals surface area contributed by atoms with E-state index in [1.807, 2.05) is 25.5 Å². The molecule has 5 nitrogen and oxygen atoms in total. The first-order chi connectivity index (χ1) is 8.83. The standard InChI is InChI=1S/C13H19N5/c1-10-9-18(12-7-14-15-8-12)13(16-10)17-11-5-3-2-4-6-11/h7-9,11H,2-6H2,1H3,(H,14,15)(H,16,17). The molecule has 0 unspecified atom stereocenters. The van der Waals surface area contributed by atoms with Gasteiger partial charge >= 0.3 is 0 Å². The maximum atomic E-state index is 4.57. The summed E-state index contributed by atoms with van der Waals surface area (Å²) in [7, 11) is 0. The highest BCUT2D eigenvalue weighted by atomic mass is 15.2. The lowest BCUT2D eigenvalue weighted by atomic mass is 9.96. The van der Waals surface area contributed by atoms with Gasteiger partial charge in [0, 0.05) is 18.4 Å². The Balaban J connectivity index is 1.82. The highest BCUT2D eigenvalue weighted by Crippen LogP contribution is 2.23. The van der Waals surface area contributed by atoms with Crippen LogP contribution in [0.4, 0.5) is 5.95 Å². The average molecular weight is 245 g/mol. The minimum absolute atomic E-state index is 0.561. The molecule has 0 aromatic carbocycles. The maximum absolute atomic E-state index is 4.57. The fraction of sp³-hybridized carbons (Fsp3) is 0.538. The third-order valence-corrected chi connectivity index (χ3v) is 3.53. The number of aromatic nitrogens is 4. The molecule has 2 N–H and O–H groups in total. The van der Waals surface area contributed by atoms with Crippen molar-refractivity contribution < 1.29 is 0 Å². The molecule has 0 spiro atoms. The van der Waals surface area contributed by atoms with Gasteiger partial charge in [0.25, 0.3) is 0 Å². The third-order valence-electron chi connectivity index (χ3n) is 3.53. The van der Waals surface area contributed by atoms with Gasteiger partial charge in [-0.25, -0.2) is 4.98 Å². The molecule has 2 aromatic heterocycles. The number of nitrogens with zero attached hydrogens (tertiary/aromatic N) is 3. The van der Waals surface area contributed by atoms with E-state index < -0.39 is 0 Å². The zero-order valence-electron chi connectivity index (χ0n) is 10.7. The van der Waals surface area contributed by atoms with E-state index in [-0.39, 0.29) is 0 Å².